The molecule has 1 aromatic carbocycles. The number of nitrogens with zero attached hydrogens (tertiary/aromatic N) is 3. The van der Waals surface area contributed by atoms with Gasteiger partial charge in [0.1, 0.15) is 6.67 Å². The molecule has 1 heterocycles. The van der Waals surface area contributed by atoms with E-state index in [1.54, 1.807) is 0 Å². The third-order valence-electron chi connectivity index (χ3n) is 4.06. The first-order valence-corrected chi connectivity index (χ1v) is 7.23. The number of aliphatic hydroxyl groups excluding tert-OH is 2. The molecule has 2 rings (SSSR count). The number of carbonyl (C=O) groups is 2. The van der Waals surface area contributed by atoms with E-state index in [2.05, 4.69) is 0 Å². The molecule has 1 aromatic rings. The van der Waals surface area contributed by atoms with Crippen molar-refractivity contribution in [1.29, 1.82) is 5.26 Å². The summed E-state index contributed by atoms with van der Waals surface area (Å²) in [7, 11) is 0. The summed E-state index contributed by atoms with van der Waals surface area (Å²) < 4.78 is 52.0. The number of imide groups is 1. The Morgan fingerprint density at radius 1 is 1.19 bits per heavy atom. The van der Waals surface area contributed by atoms with Gasteiger partial charge in [-0.3, -0.25) is 4.79 Å². The van der Waals surface area contributed by atoms with Crippen LogP contribution in [-0.2, 0) is 11.0 Å². The van der Waals surface area contributed by atoms with Crippen LogP contribution in [0.15, 0.2) is 18.2 Å². The van der Waals surface area contributed by atoms with Crippen molar-refractivity contribution < 1.29 is 37.4 Å². The summed E-state index contributed by atoms with van der Waals surface area (Å²) >= 11 is 0. The van der Waals surface area contributed by atoms with Crippen LogP contribution in [0.2, 0.25) is 0 Å². The second-order valence-electron chi connectivity index (χ2n) is 5.45. The molecule has 0 aliphatic carbocycles. The van der Waals surface area contributed by atoms with E-state index in [4.69, 9.17) is 5.26 Å². The van der Waals surface area contributed by atoms with Gasteiger partial charge in [0.15, 0.2) is 5.54 Å². The van der Waals surface area contributed by atoms with Gasteiger partial charge < -0.3 is 15.1 Å². The minimum Gasteiger partial charge on any atom is -0.393 e. The van der Waals surface area contributed by atoms with E-state index in [0.29, 0.717) is 15.9 Å². The summed E-state index contributed by atoms with van der Waals surface area (Å²) in [4.78, 5) is 25.9. The molecular weight excluding hydrogens is 362 g/mol. The van der Waals surface area contributed by atoms with Gasteiger partial charge >= 0.3 is 12.2 Å². The van der Waals surface area contributed by atoms with Gasteiger partial charge in [0.2, 0.25) is 0 Å². The molecule has 2 N–H and O–H groups in total. The highest BCUT2D eigenvalue weighted by atomic mass is 19.4. The van der Waals surface area contributed by atoms with Gasteiger partial charge in [0, 0.05) is 0 Å². The zero-order valence-electron chi connectivity index (χ0n) is 13.1. The van der Waals surface area contributed by atoms with Crippen molar-refractivity contribution in [3.05, 3.63) is 29.3 Å². The molecule has 0 spiro atoms. The second-order valence-corrected chi connectivity index (χ2v) is 5.45. The molecule has 7 nitrogen and oxygen atoms in total. The Hall–Kier alpha value is -2.71. The molecule has 140 valence electrons. The highest BCUT2D eigenvalue weighted by molar-refractivity contribution is 6.23. The van der Waals surface area contributed by atoms with E-state index < -0.39 is 66.9 Å². The number of amides is 3. The third kappa shape index (κ3) is 2.87. The average Bonchev–Trinajstić information content (AvgIpc) is 2.81. The van der Waals surface area contributed by atoms with Crippen LogP contribution in [0, 0.1) is 11.3 Å². The molecule has 3 amide bonds. The van der Waals surface area contributed by atoms with Gasteiger partial charge in [-0.2, -0.15) is 18.4 Å². The zero-order chi connectivity index (χ0) is 19.7. The quantitative estimate of drug-likeness (QED) is 0.591. The number of nitriles is 1. The Balaban J connectivity index is 2.60. The molecule has 0 unspecified atom stereocenters. The van der Waals surface area contributed by atoms with Crippen LogP contribution < -0.4 is 4.90 Å². The lowest BCUT2D eigenvalue weighted by molar-refractivity contribution is -0.138. The van der Waals surface area contributed by atoms with Gasteiger partial charge in [-0.15, -0.1) is 0 Å². The van der Waals surface area contributed by atoms with E-state index in [-0.39, 0.29) is 0 Å². The Morgan fingerprint density at radius 3 is 2.27 bits per heavy atom. The number of alkyl halides is 4. The fourth-order valence-electron chi connectivity index (χ4n) is 2.70. The van der Waals surface area contributed by atoms with Gasteiger partial charge in [-0.25, -0.2) is 14.1 Å². The van der Waals surface area contributed by atoms with Gasteiger partial charge in [0.05, 0.1) is 42.6 Å². The predicted molar refractivity (Wildman–Crippen MR) is 78.6 cm³/mol. The largest absolute Gasteiger partial charge is 0.417 e. The molecule has 0 aromatic heterocycles. The Kier molecular flexibility index (Phi) is 5.20. The Bertz CT molecular complexity index is 771. The topological polar surface area (TPSA) is 105 Å². The second kappa shape index (κ2) is 6.89. The first kappa shape index (κ1) is 19.6. The minimum atomic E-state index is -4.92. The first-order valence-electron chi connectivity index (χ1n) is 7.23. The van der Waals surface area contributed by atoms with Crippen LogP contribution in [0.25, 0.3) is 0 Å². The third-order valence-corrected chi connectivity index (χ3v) is 4.06. The maximum absolute atomic E-state index is 13.1. The molecule has 1 aliphatic heterocycles. The van der Waals surface area contributed by atoms with Gasteiger partial charge in [-0.1, -0.05) is 0 Å². The lowest BCUT2D eigenvalue weighted by Gasteiger charge is -2.30. The first-order chi connectivity index (χ1) is 12.2. The SMILES string of the molecule is N#Cc1ccc(N2C(=O)N(CCF)C(CO)(CO)C2=O)cc1C(F)(F)F. The summed E-state index contributed by atoms with van der Waals surface area (Å²) in [5.74, 6) is -1.20. The van der Waals surface area contributed by atoms with E-state index >= 15 is 0 Å². The molecule has 26 heavy (non-hydrogen) atoms. The van der Waals surface area contributed by atoms with Crippen molar-refractivity contribution in [3.8, 4) is 6.07 Å². The van der Waals surface area contributed by atoms with Crippen molar-refractivity contribution >= 4 is 17.6 Å². The highest BCUT2D eigenvalue weighted by Crippen LogP contribution is 2.37. The number of halogens is 4. The van der Waals surface area contributed by atoms with Gasteiger partial charge in [-0.05, 0) is 18.2 Å². The fourth-order valence-corrected chi connectivity index (χ4v) is 2.70. The monoisotopic (exact) mass is 375 g/mol. The molecule has 1 saturated heterocycles. The highest BCUT2D eigenvalue weighted by Gasteiger charge is 2.57. The Labute approximate surface area is 144 Å². The molecular formula is C15H13F4N3O4. The maximum atomic E-state index is 13.1. The number of urea groups is 1. The van der Waals surface area contributed by atoms with E-state index in [9.17, 15) is 37.4 Å². The van der Waals surface area contributed by atoms with E-state index in [1.807, 2.05) is 0 Å². The molecule has 11 heteroatoms. The van der Waals surface area contributed by atoms with Crippen molar-refractivity contribution in [2.75, 3.05) is 31.3 Å². The predicted octanol–water partition coefficient (Wildman–Crippen LogP) is 1.04. The van der Waals surface area contributed by atoms with E-state index in [1.165, 1.54) is 6.07 Å². The average molecular weight is 375 g/mol. The smallest absolute Gasteiger partial charge is 0.393 e. The van der Waals surface area contributed by atoms with Crippen LogP contribution in [0.4, 0.5) is 28.0 Å². The Morgan fingerprint density at radius 2 is 1.81 bits per heavy atom. The van der Waals surface area contributed by atoms with Crippen molar-refractivity contribution in [1.82, 2.24) is 4.90 Å². The number of anilines is 1. The fraction of sp³-hybridized carbons (Fsp3) is 0.400. The molecule has 0 radical (unpaired) electrons. The van der Waals surface area contributed by atoms with Crippen molar-refractivity contribution in [2.24, 2.45) is 0 Å². The van der Waals surface area contributed by atoms with E-state index in [0.717, 1.165) is 12.1 Å². The summed E-state index contributed by atoms with van der Waals surface area (Å²) in [5.41, 5.74) is -4.77. The molecule has 1 aliphatic rings. The molecule has 0 atom stereocenters. The number of carbonyl (C=O) groups excluding carboxylic acids is 2. The zero-order valence-corrected chi connectivity index (χ0v) is 13.1. The maximum Gasteiger partial charge on any atom is 0.417 e. The summed E-state index contributed by atoms with van der Waals surface area (Å²) in [6, 6.07) is 2.35. The lowest BCUT2D eigenvalue weighted by Crippen LogP contribution is -2.56. The number of aliphatic hydroxyl groups is 2. The molecule has 0 saturated carbocycles. The van der Waals surface area contributed by atoms with Crippen molar-refractivity contribution in [3.63, 3.8) is 0 Å². The van der Waals surface area contributed by atoms with Crippen molar-refractivity contribution in [2.45, 2.75) is 11.7 Å². The minimum absolute atomic E-state index is 0.318. The van der Waals surface area contributed by atoms with Crippen LogP contribution >= 0.6 is 0 Å². The van der Waals surface area contributed by atoms with Crippen LogP contribution in [0.3, 0.4) is 0 Å². The van der Waals surface area contributed by atoms with Crippen LogP contribution in [0.1, 0.15) is 11.1 Å². The summed E-state index contributed by atoms with van der Waals surface area (Å²) in [5, 5.41) is 27.8. The number of hydrogen-bond donors (Lipinski definition) is 2. The number of hydrogen-bond acceptors (Lipinski definition) is 5. The van der Waals surface area contributed by atoms with Crippen LogP contribution in [0.5, 0.6) is 0 Å². The van der Waals surface area contributed by atoms with Crippen LogP contribution in [-0.4, -0.2) is 59.0 Å². The summed E-state index contributed by atoms with van der Waals surface area (Å²) in [6.45, 7) is -3.85. The standard InChI is InChI=1S/C15H13F4N3O4/c16-3-4-21-13(26)22(12(25)14(21,7-23)8-24)10-2-1-9(6-20)11(5-10)15(17,18)19/h1-2,5,23-24H,3-4,7-8H2. The lowest BCUT2D eigenvalue weighted by atomic mass is 10.00. The number of rotatable bonds is 5. The molecule has 1 fully saturated rings. The normalized spacial score (nSPS) is 17.0. The number of benzene rings is 1. The summed E-state index contributed by atoms with van der Waals surface area (Å²) in [6.07, 6.45) is -4.92. The van der Waals surface area contributed by atoms with Gasteiger partial charge in [0.25, 0.3) is 5.91 Å². The molecule has 0 bridgehead atoms.